The van der Waals surface area contributed by atoms with E-state index in [9.17, 15) is 0 Å². The van der Waals surface area contributed by atoms with Crippen LogP contribution in [0.15, 0.2) is 0 Å². The predicted octanol–water partition coefficient (Wildman–Crippen LogP) is 0.963. The summed E-state index contributed by atoms with van der Waals surface area (Å²) in [4.78, 5) is 2.54. The van der Waals surface area contributed by atoms with Crippen molar-refractivity contribution in [1.82, 2.24) is 4.90 Å². The highest BCUT2D eigenvalue weighted by Gasteiger charge is 2.32. The summed E-state index contributed by atoms with van der Waals surface area (Å²) in [6.45, 7) is 11.4. The van der Waals surface area contributed by atoms with E-state index in [0.717, 1.165) is 26.3 Å². The summed E-state index contributed by atoms with van der Waals surface area (Å²) in [5, 5.41) is 0. The van der Waals surface area contributed by atoms with Gasteiger partial charge in [0.2, 0.25) is 0 Å². The molecule has 2 fully saturated rings. The fraction of sp³-hybridized carbons (Fsp3) is 1.00. The quantitative estimate of drug-likeness (QED) is 0.488. The van der Waals surface area contributed by atoms with Crippen molar-refractivity contribution in [3.63, 3.8) is 0 Å². The second-order valence-corrected chi connectivity index (χ2v) is 11.1. The molecular weight excluding hydrogens is 194 g/mol. The van der Waals surface area contributed by atoms with Gasteiger partial charge in [0.1, 0.15) is 0 Å². The molecule has 0 spiro atoms. The Balaban J connectivity index is 1.76. The van der Waals surface area contributed by atoms with Crippen LogP contribution in [0.3, 0.4) is 0 Å². The Hall–Kier alpha value is 0.0969. The van der Waals surface area contributed by atoms with Crippen LogP contribution in [-0.4, -0.2) is 57.7 Å². The lowest BCUT2D eigenvalue weighted by molar-refractivity contribution is 0.243. The number of hydrogen-bond acceptors (Lipinski definition) is 3. The molecule has 0 bridgehead atoms. The summed E-state index contributed by atoms with van der Waals surface area (Å²) in [5.74, 6) is 0. The maximum Gasteiger partial charge on any atom is 0.0936 e. The van der Waals surface area contributed by atoms with Crippen LogP contribution >= 0.6 is 0 Å². The largest absolute Gasteiger partial charge is 0.372 e. The predicted molar refractivity (Wildman–Crippen MR) is 59.3 cm³/mol. The molecule has 2 aliphatic rings. The molecule has 0 aliphatic carbocycles. The number of rotatable bonds is 6. The van der Waals surface area contributed by atoms with Gasteiger partial charge in [0.05, 0.1) is 33.5 Å². The molecule has 2 rings (SSSR count). The van der Waals surface area contributed by atoms with Gasteiger partial charge in [-0.05, 0) is 6.17 Å². The molecule has 82 valence electrons. The van der Waals surface area contributed by atoms with Crippen LogP contribution in [-0.2, 0) is 9.47 Å². The van der Waals surface area contributed by atoms with Crippen LogP contribution in [0.4, 0.5) is 0 Å². The summed E-state index contributed by atoms with van der Waals surface area (Å²) < 4.78 is 10.6. The van der Waals surface area contributed by atoms with E-state index < -0.39 is 8.07 Å². The SMILES string of the molecule is C[Si](C)(C)CN(CC1CO1)CC1CO1. The highest BCUT2D eigenvalue weighted by Crippen LogP contribution is 2.17. The molecule has 0 aromatic rings. The molecule has 14 heavy (non-hydrogen) atoms. The Kier molecular flexibility index (Phi) is 2.97. The first-order valence-electron chi connectivity index (χ1n) is 5.48. The van der Waals surface area contributed by atoms with Crippen molar-refractivity contribution in [2.75, 3.05) is 32.5 Å². The number of nitrogens with zero attached hydrogens (tertiary/aromatic N) is 1. The number of epoxide rings is 2. The maximum absolute atomic E-state index is 5.29. The third kappa shape index (κ3) is 4.08. The highest BCUT2D eigenvalue weighted by molar-refractivity contribution is 6.76. The average Bonchev–Trinajstić information content (AvgIpc) is 2.77. The van der Waals surface area contributed by atoms with Crippen molar-refractivity contribution >= 4 is 8.07 Å². The monoisotopic (exact) mass is 215 g/mol. The minimum Gasteiger partial charge on any atom is -0.372 e. The Morgan fingerprint density at radius 3 is 1.79 bits per heavy atom. The number of ether oxygens (including phenoxy) is 2. The molecular formula is C10H21NO2Si. The van der Waals surface area contributed by atoms with Crippen molar-refractivity contribution in [3.05, 3.63) is 0 Å². The van der Waals surface area contributed by atoms with Crippen LogP contribution in [0.5, 0.6) is 0 Å². The van der Waals surface area contributed by atoms with E-state index in [4.69, 9.17) is 9.47 Å². The van der Waals surface area contributed by atoms with Crippen molar-refractivity contribution in [1.29, 1.82) is 0 Å². The normalized spacial score (nSPS) is 30.9. The average molecular weight is 215 g/mol. The third-order valence-corrected chi connectivity index (χ3v) is 3.82. The smallest absolute Gasteiger partial charge is 0.0936 e. The van der Waals surface area contributed by atoms with E-state index in [2.05, 4.69) is 24.5 Å². The van der Waals surface area contributed by atoms with Gasteiger partial charge in [-0.15, -0.1) is 0 Å². The fourth-order valence-electron chi connectivity index (χ4n) is 1.80. The minimum atomic E-state index is -0.984. The summed E-state index contributed by atoms with van der Waals surface area (Å²) in [6.07, 6.45) is 2.31. The molecule has 0 radical (unpaired) electrons. The zero-order valence-electron chi connectivity index (χ0n) is 9.45. The van der Waals surface area contributed by atoms with E-state index in [1.165, 1.54) is 6.17 Å². The summed E-state index contributed by atoms with van der Waals surface area (Å²) >= 11 is 0. The Labute approximate surface area is 87.4 Å². The van der Waals surface area contributed by atoms with Gasteiger partial charge in [0.25, 0.3) is 0 Å². The summed E-state index contributed by atoms with van der Waals surface area (Å²) in [6, 6.07) is 0. The van der Waals surface area contributed by atoms with Crippen LogP contribution in [0.1, 0.15) is 0 Å². The van der Waals surface area contributed by atoms with Gasteiger partial charge in [-0.25, -0.2) is 0 Å². The Morgan fingerprint density at radius 2 is 1.50 bits per heavy atom. The van der Waals surface area contributed by atoms with Gasteiger partial charge >= 0.3 is 0 Å². The highest BCUT2D eigenvalue weighted by atomic mass is 28.3. The zero-order chi connectivity index (χ0) is 10.2. The Morgan fingerprint density at radius 1 is 1.07 bits per heavy atom. The molecule has 4 heteroatoms. The molecule has 2 unspecified atom stereocenters. The van der Waals surface area contributed by atoms with Gasteiger partial charge in [-0.1, -0.05) is 19.6 Å². The molecule has 2 atom stereocenters. The molecule has 0 saturated carbocycles. The van der Waals surface area contributed by atoms with Crippen LogP contribution in [0.25, 0.3) is 0 Å². The summed E-state index contributed by atoms with van der Waals surface area (Å²) in [7, 11) is -0.984. The lowest BCUT2D eigenvalue weighted by Crippen LogP contribution is -2.43. The second kappa shape index (κ2) is 3.93. The van der Waals surface area contributed by atoms with Gasteiger partial charge in [-0.3, -0.25) is 0 Å². The molecule has 0 aromatic heterocycles. The maximum atomic E-state index is 5.29. The van der Waals surface area contributed by atoms with Crippen LogP contribution < -0.4 is 0 Å². The summed E-state index contributed by atoms with van der Waals surface area (Å²) in [5.41, 5.74) is 0. The molecule has 2 saturated heterocycles. The zero-order valence-corrected chi connectivity index (χ0v) is 10.5. The molecule has 0 aromatic carbocycles. The lowest BCUT2D eigenvalue weighted by atomic mass is 10.4. The van der Waals surface area contributed by atoms with E-state index >= 15 is 0 Å². The molecule has 0 N–H and O–H groups in total. The molecule has 3 nitrogen and oxygen atoms in total. The van der Waals surface area contributed by atoms with Crippen molar-refractivity contribution in [2.24, 2.45) is 0 Å². The third-order valence-electron chi connectivity index (χ3n) is 2.43. The first kappa shape index (κ1) is 10.6. The standard InChI is InChI=1S/C10H21NO2Si/c1-14(2,3)8-11(4-9-6-12-9)5-10-7-13-10/h9-10H,4-8H2,1-3H3. The fourth-order valence-corrected chi connectivity index (χ4v) is 3.40. The van der Waals surface area contributed by atoms with Crippen molar-refractivity contribution in [2.45, 2.75) is 31.8 Å². The van der Waals surface area contributed by atoms with Gasteiger partial charge in [0.15, 0.2) is 0 Å². The van der Waals surface area contributed by atoms with E-state index in [0.29, 0.717) is 12.2 Å². The lowest BCUT2D eigenvalue weighted by Gasteiger charge is -2.27. The van der Waals surface area contributed by atoms with Crippen molar-refractivity contribution < 1.29 is 9.47 Å². The molecule has 0 amide bonds. The van der Waals surface area contributed by atoms with Gasteiger partial charge in [0, 0.05) is 13.1 Å². The first-order chi connectivity index (χ1) is 6.53. The van der Waals surface area contributed by atoms with Gasteiger partial charge < -0.3 is 14.4 Å². The minimum absolute atomic E-state index is 0.519. The second-order valence-electron chi connectivity index (χ2n) is 5.67. The van der Waals surface area contributed by atoms with Gasteiger partial charge in [-0.2, -0.15) is 0 Å². The van der Waals surface area contributed by atoms with E-state index in [1.807, 2.05) is 0 Å². The topological polar surface area (TPSA) is 28.3 Å². The first-order valence-corrected chi connectivity index (χ1v) is 9.19. The van der Waals surface area contributed by atoms with E-state index in [1.54, 1.807) is 0 Å². The molecule has 2 heterocycles. The van der Waals surface area contributed by atoms with E-state index in [-0.39, 0.29) is 0 Å². The molecule has 2 aliphatic heterocycles. The van der Waals surface area contributed by atoms with Crippen LogP contribution in [0, 0.1) is 0 Å². The van der Waals surface area contributed by atoms with Crippen LogP contribution in [0.2, 0.25) is 19.6 Å². The van der Waals surface area contributed by atoms with Crippen molar-refractivity contribution in [3.8, 4) is 0 Å². The Bertz CT molecular complexity index is 183. The number of hydrogen-bond donors (Lipinski definition) is 0.